The second kappa shape index (κ2) is 5.43. The summed E-state index contributed by atoms with van der Waals surface area (Å²) in [5.74, 6) is 0. The second-order valence-corrected chi connectivity index (χ2v) is 5.54. The SMILES string of the molecule is CNC(C)c1cc(Br)ccc1-n1cc(Cl)c(C)n1. The Bertz CT molecular complexity index is 546. The number of hydrogen-bond acceptors (Lipinski definition) is 2. The van der Waals surface area contributed by atoms with Crippen molar-refractivity contribution in [1.29, 1.82) is 0 Å². The summed E-state index contributed by atoms with van der Waals surface area (Å²) in [4.78, 5) is 0. The molecule has 0 fully saturated rings. The fraction of sp³-hybridized carbons (Fsp3) is 0.308. The highest BCUT2D eigenvalue weighted by molar-refractivity contribution is 9.10. The van der Waals surface area contributed by atoms with Crippen molar-refractivity contribution >= 4 is 27.5 Å². The average molecular weight is 329 g/mol. The van der Waals surface area contributed by atoms with Crippen molar-refractivity contribution in [3.05, 3.63) is 45.1 Å². The molecule has 2 rings (SSSR count). The van der Waals surface area contributed by atoms with E-state index in [2.05, 4.69) is 39.3 Å². The predicted molar refractivity (Wildman–Crippen MR) is 78.5 cm³/mol. The molecule has 1 heterocycles. The largest absolute Gasteiger partial charge is 0.313 e. The van der Waals surface area contributed by atoms with E-state index in [1.54, 1.807) is 0 Å². The minimum absolute atomic E-state index is 0.237. The van der Waals surface area contributed by atoms with E-state index in [-0.39, 0.29) is 6.04 Å². The Hall–Kier alpha value is -0.840. The van der Waals surface area contributed by atoms with E-state index in [0.717, 1.165) is 15.9 Å². The van der Waals surface area contributed by atoms with Gasteiger partial charge in [0.05, 0.1) is 16.4 Å². The highest BCUT2D eigenvalue weighted by Gasteiger charge is 2.13. The minimum Gasteiger partial charge on any atom is -0.313 e. The lowest BCUT2D eigenvalue weighted by Crippen LogP contribution is -2.15. The lowest BCUT2D eigenvalue weighted by molar-refractivity contribution is 0.643. The van der Waals surface area contributed by atoms with Gasteiger partial charge in [0.1, 0.15) is 0 Å². The minimum atomic E-state index is 0.237. The van der Waals surface area contributed by atoms with Crippen molar-refractivity contribution in [2.24, 2.45) is 0 Å². The van der Waals surface area contributed by atoms with Crippen molar-refractivity contribution in [3.63, 3.8) is 0 Å². The molecule has 3 nitrogen and oxygen atoms in total. The van der Waals surface area contributed by atoms with Crippen LogP contribution in [0.4, 0.5) is 0 Å². The van der Waals surface area contributed by atoms with Gasteiger partial charge in [-0.2, -0.15) is 5.10 Å². The summed E-state index contributed by atoms with van der Waals surface area (Å²) >= 11 is 9.57. The van der Waals surface area contributed by atoms with Gasteiger partial charge in [0.15, 0.2) is 0 Å². The van der Waals surface area contributed by atoms with Crippen molar-refractivity contribution in [1.82, 2.24) is 15.1 Å². The number of aryl methyl sites for hydroxylation is 1. The monoisotopic (exact) mass is 327 g/mol. The lowest BCUT2D eigenvalue weighted by Gasteiger charge is -2.16. The zero-order chi connectivity index (χ0) is 13.3. The lowest BCUT2D eigenvalue weighted by atomic mass is 10.1. The second-order valence-electron chi connectivity index (χ2n) is 4.22. The van der Waals surface area contributed by atoms with Gasteiger partial charge in [-0.15, -0.1) is 0 Å². The Morgan fingerprint density at radius 3 is 2.72 bits per heavy atom. The molecule has 1 atom stereocenters. The molecular formula is C13H15BrClN3. The van der Waals surface area contributed by atoms with Gasteiger partial charge in [-0.1, -0.05) is 27.5 Å². The van der Waals surface area contributed by atoms with Crippen LogP contribution in [0.3, 0.4) is 0 Å². The van der Waals surface area contributed by atoms with Gasteiger partial charge >= 0.3 is 0 Å². The van der Waals surface area contributed by atoms with Crippen LogP contribution in [0.1, 0.15) is 24.2 Å². The van der Waals surface area contributed by atoms with Crippen LogP contribution in [0.2, 0.25) is 5.02 Å². The van der Waals surface area contributed by atoms with Gasteiger partial charge in [-0.25, -0.2) is 4.68 Å². The molecule has 0 bridgehead atoms. The maximum absolute atomic E-state index is 6.07. The van der Waals surface area contributed by atoms with E-state index in [9.17, 15) is 0 Å². The fourth-order valence-electron chi connectivity index (χ4n) is 1.80. The molecule has 0 saturated heterocycles. The Morgan fingerprint density at radius 1 is 1.44 bits per heavy atom. The van der Waals surface area contributed by atoms with Crippen LogP contribution in [-0.4, -0.2) is 16.8 Å². The Kier molecular flexibility index (Phi) is 4.10. The molecule has 1 aromatic carbocycles. The van der Waals surface area contributed by atoms with Crippen LogP contribution >= 0.6 is 27.5 Å². The number of rotatable bonds is 3. The molecule has 96 valence electrons. The summed E-state index contributed by atoms with van der Waals surface area (Å²) in [5, 5.41) is 8.36. The van der Waals surface area contributed by atoms with Gasteiger partial charge < -0.3 is 5.32 Å². The number of benzene rings is 1. The molecule has 0 amide bonds. The number of halogens is 2. The van der Waals surface area contributed by atoms with Crippen LogP contribution in [0.15, 0.2) is 28.9 Å². The van der Waals surface area contributed by atoms with Gasteiger partial charge in [0.25, 0.3) is 0 Å². The summed E-state index contributed by atoms with van der Waals surface area (Å²) in [7, 11) is 1.94. The Balaban J connectivity index is 2.56. The number of aromatic nitrogens is 2. The van der Waals surface area contributed by atoms with Crippen molar-refractivity contribution in [2.75, 3.05) is 7.05 Å². The quantitative estimate of drug-likeness (QED) is 0.926. The van der Waals surface area contributed by atoms with Gasteiger partial charge in [-0.3, -0.25) is 0 Å². The summed E-state index contributed by atoms with van der Waals surface area (Å²) in [6.07, 6.45) is 1.84. The Labute approximate surface area is 120 Å². The first kappa shape index (κ1) is 13.6. The highest BCUT2D eigenvalue weighted by Crippen LogP contribution is 2.26. The van der Waals surface area contributed by atoms with Crippen molar-refractivity contribution < 1.29 is 0 Å². The Morgan fingerprint density at radius 2 is 2.17 bits per heavy atom. The van der Waals surface area contributed by atoms with Crippen molar-refractivity contribution in [2.45, 2.75) is 19.9 Å². The molecule has 1 N–H and O–H groups in total. The zero-order valence-electron chi connectivity index (χ0n) is 10.5. The van der Waals surface area contributed by atoms with Crippen LogP contribution < -0.4 is 5.32 Å². The predicted octanol–water partition coefficient (Wildman–Crippen LogP) is 3.88. The number of nitrogens with one attached hydrogen (secondary N) is 1. The van der Waals surface area contributed by atoms with E-state index in [1.165, 1.54) is 5.56 Å². The molecular weight excluding hydrogens is 314 g/mol. The third-order valence-corrected chi connectivity index (χ3v) is 3.84. The molecule has 2 aromatic rings. The molecule has 0 radical (unpaired) electrons. The summed E-state index contributed by atoms with van der Waals surface area (Å²) in [5.41, 5.74) is 3.05. The topological polar surface area (TPSA) is 29.9 Å². The van der Waals surface area contributed by atoms with Gasteiger partial charge in [0.2, 0.25) is 0 Å². The molecule has 18 heavy (non-hydrogen) atoms. The maximum atomic E-state index is 6.07. The van der Waals surface area contributed by atoms with E-state index in [0.29, 0.717) is 5.02 Å². The first-order chi connectivity index (χ1) is 8.52. The molecule has 0 aliphatic carbocycles. The standard InChI is InChI=1S/C13H15BrClN3/c1-8(16-3)11-6-10(14)4-5-13(11)18-7-12(15)9(2)17-18/h4-8,16H,1-3H3. The van der Waals surface area contributed by atoms with E-state index < -0.39 is 0 Å². The molecule has 1 unspecified atom stereocenters. The maximum Gasteiger partial charge on any atom is 0.0819 e. The molecule has 0 saturated carbocycles. The normalized spacial score (nSPS) is 12.7. The third-order valence-electron chi connectivity index (χ3n) is 2.97. The van der Waals surface area contributed by atoms with Crippen LogP contribution in [-0.2, 0) is 0 Å². The third kappa shape index (κ3) is 2.60. The fourth-order valence-corrected chi connectivity index (χ4v) is 2.31. The molecule has 0 spiro atoms. The summed E-state index contributed by atoms with van der Waals surface area (Å²) in [6.45, 7) is 4.02. The summed E-state index contributed by atoms with van der Waals surface area (Å²) in [6, 6.07) is 6.38. The molecule has 5 heteroatoms. The molecule has 1 aromatic heterocycles. The average Bonchev–Trinajstić information content (AvgIpc) is 2.68. The van der Waals surface area contributed by atoms with Crippen LogP contribution in [0, 0.1) is 6.92 Å². The number of nitrogens with zero attached hydrogens (tertiary/aromatic N) is 2. The van der Waals surface area contributed by atoms with Crippen molar-refractivity contribution in [3.8, 4) is 5.69 Å². The first-order valence-corrected chi connectivity index (χ1v) is 6.89. The van der Waals surface area contributed by atoms with Crippen LogP contribution in [0.25, 0.3) is 5.69 Å². The first-order valence-electron chi connectivity index (χ1n) is 5.71. The molecule has 0 aliphatic rings. The zero-order valence-corrected chi connectivity index (χ0v) is 12.9. The molecule has 0 aliphatic heterocycles. The smallest absolute Gasteiger partial charge is 0.0819 e. The van der Waals surface area contributed by atoms with Gasteiger partial charge in [0, 0.05) is 16.7 Å². The summed E-state index contributed by atoms with van der Waals surface area (Å²) < 4.78 is 2.88. The van der Waals surface area contributed by atoms with E-state index in [1.807, 2.05) is 37.0 Å². The highest BCUT2D eigenvalue weighted by atomic mass is 79.9. The van der Waals surface area contributed by atoms with E-state index in [4.69, 9.17) is 11.6 Å². The van der Waals surface area contributed by atoms with E-state index >= 15 is 0 Å². The van der Waals surface area contributed by atoms with Crippen LogP contribution in [0.5, 0.6) is 0 Å². The number of hydrogen-bond donors (Lipinski definition) is 1. The van der Waals surface area contributed by atoms with Gasteiger partial charge in [-0.05, 0) is 44.7 Å².